The lowest BCUT2D eigenvalue weighted by Gasteiger charge is -2.02. The topological polar surface area (TPSA) is 74.8 Å². The van der Waals surface area contributed by atoms with Crippen LogP contribution >= 0.6 is 0 Å². The summed E-state index contributed by atoms with van der Waals surface area (Å²) >= 11 is 0. The lowest BCUT2D eigenvalue weighted by molar-refractivity contribution is 0.236. The Bertz CT molecular complexity index is 333. The third-order valence-electron chi connectivity index (χ3n) is 0.993. The zero-order valence-electron chi connectivity index (χ0n) is 5.66. The van der Waals surface area contributed by atoms with Crippen LogP contribution in [0.1, 0.15) is 0 Å². The minimum Gasteiger partial charge on any atom is -0.284 e. The van der Waals surface area contributed by atoms with E-state index in [0.717, 1.165) is 12.4 Å². The number of nitrogens with one attached hydrogen (secondary N) is 2. The van der Waals surface area contributed by atoms with E-state index in [0.29, 0.717) is 0 Å². The number of anilines is 1. The van der Waals surface area contributed by atoms with Crippen LogP contribution in [0.4, 0.5) is 14.5 Å². The van der Waals surface area contributed by atoms with Crippen molar-refractivity contribution >= 4 is 15.7 Å². The summed E-state index contributed by atoms with van der Waals surface area (Å²) in [7, 11) is -4.56. The summed E-state index contributed by atoms with van der Waals surface area (Å²) < 4.78 is 46.1. The predicted molar refractivity (Wildman–Crippen MR) is 37.1 cm³/mol. The van der Waals surface area contributed by atoms with Crippen LogP contribution in [-0.2, 0) is 10.0 Å². The van der Waals surface area contributed by atoms with Crippen molar-refractivity contribution in [2.75, 3.05) is 4.72 Å². The van der Waals surface area contributed by atoms with Crippen molar-refractivity contribution in [3.63, 3.8) is 0 Å². The number of sulfonamides is 1. The summed E-state index contributed by atoms with van der Waals surface area (Å²) in [5, 5.41) is 5.64. The van der Waals surface area contributed by atoms with Gasteiger partial charge in [0.15, 0.2) is 0 Å². The highest BCUT2D eigenvalue weighted by molar-refractivity contribution is 7.93. The van der Waals surface area contributed by atoms with Gasteiger partial charge in [-0.25, -0.2) is 8.42 Å². The first kappa shape index (κ1) is 8.91. The first-order chi connectivity index (χ1) is 5.52. The fraction of sp³-hybridized carbons (Fsp3) is 0.250. The molecule has 0 saturated heterocycles. The monoisotopic (exact) mass is 197 g/mol. The molecular weight excluding hydrogens is 192 g/mol. The largest absolute Gasteiger partial charge is 0.355 e. The van der Waals surface area contributed by atoms with Gasteiger partial charge in [-0.2, -0.15) is 13.9 Å². The summed E-state index contributed by atoms with van der Waals surface area (Å²) in [6, 6.07) is 0. The maximum Gasteiger partial charge on any atom is 0.355 e. The molecule has 0 fully saturated rings. The predicted octanol–water partition coefficient (Wildman–Crippen LogP) is 0.374. The van der Waals surface area contributed by atoms with E-state index in [2.05, 4.69) is 10.2 Å². The lowest BCUT2D eigenvalue weighted by Crippen LogP contribution is -2.20. The van der Waals surface area contributed by atoms with Crippen LogP contribution in [0.25, 0.3) is 0 Å². The first-order valence-electron chi connectivity index (χ1n) is 2.81. The van der Waals surface area contributed by atoms with Crippen LogP contribution in [0.15, 0.2) is 12.4 Å². The van der Waals surface area contributed by atoms with Gasteiger partial charge in [-0.15, -0.1) is 0 Å². The highest BCUT2D eigenvalue weighted by Crippen LogP contribution is 2.10. The second kappa shape index (κ2) is 3.05. The number of nitrogens with zero attached hydrogens (tertiary/aromatic N) is 1. The summed E-state index contributed by atoms with van der Waals surface area (Å²) in [4.78, 5) is 0. The second-order valence-corrected chi connectivity index (χ2v) is 3.55. The van der Waals surface area contributed by atoms with Crippen molar-refractivity contribution in [2.45, 2.75) is 5.76 Å². The average Bonchev–Trinajstić information content (AvgIpc) is 2.38. The van der Waals surface area contributed by atoms with E-state index in [1.165, 1.54) is 0 Å². The number of halogens is 2. The molecule has 0 unspecified atom stereocenters. The minimum atomic E-state index is -4.56. The zero-order chi connectivity index (χ0) is 9.19. The lowest BCUT2D eigenvalue weighted by atomic mass is 10.6. The van der Waals surface area contributed by atoms with Crippen LogP contribution in [0, 0.1) is 0 Å². The van der Waals surface area contributed by atoms with Gasteiger partial charge >= 0.3 is 5.76 Å². The third-order valence-corrected chi connectivity index (χ3v) is 1.98. The van der Waals surface area contributed by atoms with E-state index in [9.17, 15) is 17.2 Å². The molecule has 12 heavy (non-hydrogen) atoms. The van der Waals surface area contributed by atoms with Gasteiger partial charge in [0.1, 0.15) is 0 Å². The van der Waals surface area contributed by atoms with E-state index in [4.69, 9.17) is 0 Å². The number of hydrogen-bond donors (Lipinski definition) is 2. The Labute approximate surface area is 66.8 Å². The van der Waals surface area contributed by atoms with Crippen molar-refractivity contribution in [3.05, 3.63) is 12.4 Å². The highest BCUT2D eigenvalue weighted by Gasteiger charge is 2.23. The molecule has 2 N–H and O–H groups in total. The van der Waals surface area contributed by atoms with Crippen molar-refractivity contribution in [1.82, 2.24) is 10.2 Å². The Morgan fingerprint density at radius 3 is 2.67 bits per heavy atom. The number of H-pyrrole nitrogens is 1. The Morgan fingerprint density at radius 2 is 2.25 bits per heavy atom. The van der Waals surface area contributed by atoms with Crippen LogP contribution in [0.2, 0.25) is 0 Å². The first-order valence-corrected chi connectivity index (χ1v) is 4.35. The van der Waals surface area contributed by atoms with E-state index in [-0.39, 0.29) is 5.69 Å². The Kier molecular flexibility index (Phi) is 2.27. The van der Waals surface area contributed by atoms with E-state index < -0.39 is 15.8 Å². The fourth-order valence-corrected chi connectivity index (χ4v) is 1.04. The molecule has 1 rings (SSSR count). The van der Waals surface area contributed by atoms with Crippen LogP contribution in [0.3, 0.4) is 0 Å². The van der Waals surface area contributed by atoms with Gasteiger partial charge < -0.3 is 0 Å². The van der Waals surface area contributed by atoms with Gasteiger partial charge in [-0.1, -0.05) is 0 Å². The normalized spacial score (nSPS) is 11.9. The number of hydrogen-bond acceptors (Lipinski definition) is 3. The average molecular weight is 197 g/mol. The van der Waals surface area contributed by atoms with E-state index in [1.807, 2.05) is 0 Å². The van der Waals surface area contributed by atoms with Crippen molar-refractivity contribution < 1.29 is 17.2 Å². The second-order valence-electron chi connectivity index (χ2n) is 1.89. The van der Waals surface area contributed by atoms with Gasteiger partial charge in [0.2, 0.25) is 0 Å². The standard InChI is InChI=1S/C4H5F2N3O2S/c5-4(6)12(10,11)9-3-1-7-8-2-3/h1-2,4,9H,(H,7,8). The molecule has 0 bridgehead atoms. The third kappa shape index (κ3) is 1.91. The van der Waals surface area contributed by atoms with Crippen molar-refractivity contribution in [2.24, 2.45) is 0 Å². The smallest absolute Gasteiger partial charge is 0.284 e. The van der Waals surface area contributed by atoms with Crippen LogP contribution < -0.4 is 4.72 Å². The number of aromatic nitrogens is 2. The van der Waals surface area contributed by atoms with Gasteiger partial charge in [0.25, 0.3) is 10.0 Å². The van der Waals surface area contributed by atoms with Gasteiger partial charge in [-0.3, -0.25) is 9.82 Å². The zero-order valence-corrected chi connectivity index (χ0v) is 6.48. The van der Waals surface area contributed by atoms with Crippen LogP contribution in [0.5, 0.6) is 0 Å². The SMILES string of the molecule is O=S(=O)(Nc1cn[nH]c1)C(F)F. The Morgan fingerprint density at radius 1 is 1.58 bits per heavy atom. The molecule has 1 heterocycles. The van der Waals surface area contributed by atoms with Gasteiger partial charge in [0.05, 0.1) is 11.9 Å². The molecular formula is C4H5F2N3O2S. The number of rotatable bonds is 3. The highest BCUT2D eigenvalue weighted by atomic mass is 32.2. The number of alkyl halides is 2. The molecule has 0 atom stereocenters. The molecule has 8 heteroatoms. The molecule has 0 aliphatic carbocycles. The quantitative estimate of drug-likeness (QED) is 0.735. The summed E-state index contributed by atoms with van der Waals surface area (Å²) in [6.07, 6.45) is 2.24. The molecule has 0 aliphatic heterocycles. The molecule has 0 radical (unpaired) electrons. The molecule has 1 aromatic heterocycles. The molecule has 1 aromatic rings. The molecule has 0 saturated carbocycles. The fourth-order valence-electron chi connectivity index (χ4n) is 0.516. The maximum absolute atomic E-state index is 11.7. The minimum absolute atomic E-state index is 0.0182. The van der Waals surface area contributed by atoms with Crippen molar-refractivity contribution in [1.29, 1.82) is 0 Å². The number of aromatic amines is 1. The van der Waals surface area contributed by atoms with Crippen LogP contribution in [-0.4, -0.2) is 24.4 Å². The molecule has 0 amide bonds. The molecule has 0 aliphatic rings. The summed E-state index contributed by atoms with van der Waals surface area (Å²) in [5.41, 5.74) is -0.0182. The molecule has 68 valence electrons. The van der Waals surface area contributed by atoms with Gasteiger partial charge in [-0.05, 0) is 0 Å². The molecule has 5 nitrogen and oxygen atoms in total. The maximum atomic E-state index is 11.7. The Balaban J connectivity index is 2.77. The van der Waals surface area contributed by atoms with Gasteiger partial charge in [0, 0.05) is 6.20 Å². The van der Waals surface area contributed by atoms with E-state index in [1.54, 1.807) is 4.72 Å². The summed E-state index contributed by atoms with van der Waals surface area (Å²) in [5.74, 6) is -3.44. The molecule has 0 aromatic carbocycles. The molecule has 0 spiro atoms. The van der Waals surface area contributed by atoms with E-state index >= 15 is 0 Å². The summed E-state index contributed by atoms with van der Waals surface area (Å²) in [6.45, 7) is 0. The Hall–Kier alpha value is -1.18. The van der Waals surface area contributed by atoms with Crippen molar-refractivity contribution in [3.8, 4) is 0 Å².